The molecule has 0 unspecified atom stereocenters. The summed E-state index contributed by atoms with van der Waals surface area (Å²) in [4.78, 5) is 35.5. The van der Waals surface area contributed by atoms with Gasteiger partial charge in [-0.1, -0.05) is 0 Å². The maximum absolute atomic E-state index is 11.9. The fraction of sp³-hybridized carbons (Fsp3) is 0.154. The van der Waals surface area contributed by atoms with Crippen molar-refractivity contribution in [3.63, 3.8) is 0 Å². The lowest BCUT2D eigenvalue weighted by atomic mass is 10.1. The second-order valence-corrected chi connectivity index (χ2v) is 3.76. The van der Waals surface area contributed by atoms with Crippen molar-refractivity contribution in [2.45, 2.75) is 13.3 Å². The van der Waals surface area contributed by atoms with Crippen LogP contribution in [-0.4, -0.2) is 26.5 Å². The molecule has 2 rings (SSSR count). The van der Waals surface area contributed by atoms with Gasteiger partial charge in [0.25, 0.3) is 0 Å². The number of pyridine rings is 1. The summed E-state index contributed by atoms with van der Waals surface area (Å²) in [5.41, 5.74) is 1.20. The number of hydrogen-bond acceptors (Lipinski definition) is 5. The summed E-state index contributed by atoms with van der Waals surface area (Å²) in [7, 11) is 0. The summed E-state index contributed by atoms with van der Waals surface area (Å²) in [6.45, 7) is 1.69. The average molecular weight is 241 g/mol. The zero-order valence-electron chi connectivity index (χ0n) is 9.83. The minimum Gasteiger partial charge on any atom is -0.294 e. The summed E-state index contributed by atoms with van der Waals surface area (Å²) in [5, 5.41) is 0. The van der Waals surface area contributed by atoms with Gasteiger partial charge < -0.3 is 0 Å². The van der Waals surface area contributed by atoms with E-state index in [0.717, 1.165) is 0 Å². The third-order valence-electron chi connectivity index (χ3n) is 2.45. The monoisotopic (exact) mass is 241 g/mol. The summed E-state index contributed by atoms with van der Waals surface area (Å²) in [5.74, 6) is -0.590. The Kier molecular flexibility index (Phi) is 3.52. The number of rotatable bonds is 4. The highest BCUT2D eigenvalue weighted by Gasteiger charge is 2.16. The molecule has 0 amide bonds. The van der Waals surface area contributed by atoms with Crippen molar-refractivity contribution in [2.75, 3.05) is 0 Å². The predicted octanol–water partition coefficient (Wildman–Crippen LogP) is 1.64. The number of ketones is 2. The highest BCUT2D eigenvalue weighted by atomic mass is 16.1. The van der Waals surface area contributed by atoms with Crippen LogP contribution in [0.25, 0.3) is 0 Å². The molecule has 0 aliphatic heterocycles. The molecular weight excluding hydrogens is 230 g/mol. The SMILES string of the molecule is Cc1nccnc1C(=O)CC(=O)c1cccnc1. The Hall–Kier alpha value is -2.43. The molecule has 0 bridgehead atoms. The molecule has 2 heterocycles. The van der Waals surface area contributed by atoms with E-state index >= 15 is 0 Å². The van der Waals surface area contributed by atoms with Crippen LogP contribution in [0.5, 0.6) is 0 Å². The molecule has 90 valence electrons. The van der Waals surface area contributed by atoms with Gasteiger partial charge in [-0.25, -0.2) is 4.98 Å². The zero-order chi connectivity index (χ0) is 13.0. The number of aromatic nitrogens is 3. The van der Waals surface area contributed by atoms with E-state index in [4.69, 9.17) is 0 Å². The molecule has 0 saturated carbocycles. The average Bonchev–Trinajstić information content (AvgIpc) is 2.40. The normalized spacial score (nSPS) is 10.1. The van der Waals surface area contributed by atoms with Crippen molar-refractivity contribution in [1.29, 1.82) is 0 Å². The van der Waals surface area contributed by atoms with Gasteiger partial charge in [-0.15, -0.1) is 0 Å². The lowest BCUT2D eigenvalue weighted by molar-refractivity contribution is 0.0890. The Morgan fingerprint density at radius 1 is 1.11 bits per heavy atom. The molecule has 0 radical (unpaired) electrons. The Morgan fingerprint density at radius 2 is 1.89 bits per heavy atom. The topological polar surface area (TPSA) is 72.8 Å². The first-order chi connectivity index (χ1) is 8.68. The fourth-order valence-corrected chi connectivity index (χ4v) is 1.54. The Labute approximate surface area is 104 Å². The number of carbonyl (C=O) groups excluding carboxylic acids is 2. The van der Waals surface area contributed by atoms with Crippen LogP contribution in [0.15, 0.2) is 36.9 Å². The summed E-state index contributed by atoms with van der Waals surface area (Å²) in [6.07, 6.45) is 5.75. The van der Waals surface area contributed by atoms with Crippen molar-refractivity contribution in [2.24, 2.45) is 0 Å². The van der Waals surface area contributed by atoms with E-state index < -0.39 is 0 Å². The van der Waals surface area contributed by atoms with Crippen LogP contribution in [0.1, 0.15) is 33.0 Å². The first kappa shape index (κ1) is 12.0. The Morgan fingerprint density at radius 3 is 2.56 bits per heavy atom. The van der Waals surface area contributed by atoms with E-state index in [0.29, 0.717) is 11.3 Å². The molecule has 0 spiro atoms. The van der Waals surface area contributed by atoms with E-state index in [1.165, 1.54) is 18.6 Å². The Bertz CT molecular complexity index is 582. The molecule has 0 aliphatic carbocycles. The first-order valence-electron chi connectivity index (χ1n) is 5.42. The summed E-state index contributed by atoms with van der Waals surface area (Å²) < 4.78 is 0. The number of nitrogens with zero attached hydrogens (tertiary/aromatic N) is 3. The van der Waals surface area contributed by atoms with Crippen molar-refractivity contribution in [1.82, 2.24) is 15.0 Å². The highest BCUT2D eigenvalue weighted by molar-refractivity contribution is 6.13. The van der Waals surface area contributed by atoms with Crippen molar-refractivity contribution in [3.05, 3.63) is 53.9 Å². The molecule has 18 heavy (non-hydrogen) atoms. The number of carbonyl (C=O) groups is 2. The van der Waals surface area contributed by atoms with E-state index in [2.05, 4.69) is 15.0 Å². The van der Waals surface area contributed by atoms with Gasteiger partial charge in [0.1, 0.15) is 5.69 Å². The van der Waals surface area contributed by atoms with Crippen molar-refractivity contribution < 1.29 is 9.59 Å². The maximum Gasteiger partial charge on any atom is 0.190 e. The third kappa shape index (κ3) is 2.63. The second kappa shape index (κ2) is 5.27. The molecule has 0 atom stereocenters. The molecule has 0 N–H and O–H groups in total. The van der Waals surface area contributed by atoms with Gasteiger partial charge in [-0.3, -0.25) is 19.6 Å². The van der Waals surface area contributed by atoms with Crippen LogP contribution in [0, 0.1) is 6.92 Å². The molecule has 0 saturated heterocycles. The summed E-state index contributed by atoms with van der Waals surface area (Å²) >= 11 is 0. The van der Waals surface area contributed by atoms with Gasteiger partial charge in [-0.2, -0.15) is 0 Å². The molecule has 2 aromatic rings. The number of Topliss-reactive ketones (excluding diaryl/α,β-unsaturated/α-hetero) is 2. The predicted molar refractivity (Wildman–Crippen MR) is 64.3 cm³/mol. The van der Waals surface area contributed by atoms with Crippen LogP contribution in [0.3, 0.4) is 0 Å². The summed E-state index contributed by atoms with van der Waals surface area (Å²) in [6, 6.07) is 3.29. The molecule has 0 aliphatic rings. The number of aryl methyl sites for hydroxylation is 1. The van der Waals surface area contributed by atoms with Gasteiger partial charge in [0.05, 0.1) is 12.1 Å². The van der Waals surface area contributed by atoms with Gasteiger partial charge in [0, 0.05) is 30.4 Å². The van der Waals surface area contributed by atoms with Gasteiger partial charge in [0.15, 0.2) is 11.6 Å². The first-order valence-corrected chi connectivity index (χ1v) is 5.42. The van der Waals surface area contributed by atoms with E-state index in [9.17, 15) is 9.59 Å². The zero-order valence-corrected chi connectivity index (χ0v) is 9.83. The van der Waals surface area contributed by atoms with Crippen LogP contribution in [0.4, 0.5) is 0 Å². The standard InChI is InChI=1S/C13H11N3O2/c1-9-13(16-6-5-15-9)12(18)7-11(17)10-3-2-4-14-8-10/h2-6,8H,7H2,1H3. The van der Waals surface area contributed by atoms with Crippen LogP contribution < -0.4 is 0 Å². The Balaban J connectivity index is 2.14. The minimum absolute atomic E-state index is 0.217. The van der Waals surface area contributed by atoms with Crippen molar-refractivity contribution >= 4 is 11.6 Å². The minimum atomic E-state index is -0.325. The smallest absolute Gasteiger partial charge is 0.190 e. The molecule has 2 aromatic heterocycles. The second-order valence-electron chi connectivity index (χ2n) is 3.76. The molecule has 5 nitrogen and oxygen atoms in total. The quantitative estimate of drug-likeness (QED) is 0.601. The maximum atomic E-state index is 11.9. The van der Waals surface area contributed by atoms with Gasteiger partial charge in [0.2, 0.25) is 0 Å². The van der Waals surface area contributed by atoms with E-state index in [1.54, 1.807) is 25.3 Å². The van der Waals surface area contributed by atoms with E-state index in [-0.39, 0.29) is 23.7 Å². The van der Waals surface area contributed by atoms with Gasteiger partial charge in [-0.05, 0) is 19.1 Å². The van der Waals surface area contributed by atoms with Crippen molar-refractivity contribution in [3.8, 4) is 0 Å². The molecule has 5 heteroatoms. The lowest BCUT2D eigenvalue weighted by Crippen LogP contribution is -2.12. The highest BCUT2D eigenvalue weighted by Crippen LogP contribution is 2.08. The molecular formula is C13H11N3O2. The van der Waals surface area contributed by atoms with Crippen LogP contribution >= 0.6 is 0 Å². The van der Waals surface area contributed by atoms with Gasteiger partial charge >= 0.3 is 0 Å². The lowest BCUT2D eigenvalue weighted by Gasteiger charge is -2.02. The molecule has 0 aromatic carbocycles. The number of hydrogen-bond donors (Lipinski definition) is 0. The fourth-order valence-electron chi connectivity index (χ4n) is 1.54. The molecule has 0 fully saturated rings. The van der Waals surface area contributed by atoms with E-state index in [1.807, 2.05) is 0 Å². The van der Waals surface area contributed by atoms with Crippen LogP contribution in [0.2, 0.25) is 0 Å². The van der Waals surface area contributed by atoms with Crippen LogP contribution in [-0.2, 0) is 0 Å². The third-order valence-corrected chi connectivity index (χ3v) is 2.45. The largest absolute Gasteiger partial charge is 0.294 e.